The van der Waals surface area contributed by atoms with Gasteiger partial charge in [-0.1, -0.05) is 37.3 Å². The second-order valence-electron chi connectivity index (χ2n) is 4.27. The Balaban J connectivity index is 2.20. The maximum Gasteiger partial charge on any atom is 0.130 e. The first-order valence-corrected chi connectivity index (χ1v) is 5.64. The van der Waals surface area contributed by atoms with Crippen LogP contribution in [0.5, 0.6) is 0 Å². The minimum Gasteiger partial charge on any atom is -0.369 e. The van der Waals surface area contributed by atoms with Gasteiger partial charge in [0.25, 0.3) is 0 Å². The molecule has 0 saturated heterocycles. The molecule has 1 N–H and O–H groups in total. The van der Waals surface area contributed by atoms with E-state index in [1.54, 1.807) is 0 Å². The van der Waals surface area contributed by atoms with Gasteiger partial charge in [0.1, 0.15) is 5.82 Å². The Morgan fingerprint density at radius 2 is 2.00 bits per heavy atom. The van der Waals surface area contributed by atoms with Crippen LogP contribution in [-0.4, -0.2) is 11.5 Å². The van der Waals surface area contributed by atoms with Gasteiger partial charge in [-0.15, -0.1) is 0 Å². The molecule has 0 bridgehead atoms. The number of hydrogen-bond donors (Lipinski definition) is 1. The largest absolute Gasteiger partial charge is 0.369 e. The van der Waals surface area contributed by atoms with Gasteiger partial charge in [0.15, 0.2) is 0 Å². The molecule has 0 fully saturated rings. The van der Waals surface area contributed by atoms with Crippen molar-refractivity contribution in [1.29, 1.82) is 0 Å². The molecule has 1 aromatic carbocycles. The van der Waals surface area contributed by atoms with Gasteiger partial charge >= 0.3 is 0 Å². The van der Waals surface area contributed by atoms with E-state index in [1.807, 2.05) is 12.3 Å². The number of nitrogens with one attached hydrogen (secondary N) is 1. The number of benzene rings is 1. The lowest BCUT2D eigenvalue weighted by Crippen LogP contribution is -1.96. The third-order valence-electron chi connectivity index (χ3n) is 3.14. The molecule has 1 aliphatic rings. The first-order valence-electron chi connectivity index (χ1n) is 5.64. The van der Waals surface area contributed by atoms with Crippen LogP contribution in [0.4, 0.5) is 5.82 Å². The van der Waals surface area contributed by atoms with Crippen molar-refractivity contribution in [2.75, 3.05) is 11.9 Å². The Bertz CT molecular complexity index is 505. The van der Waals surface area contributed by atoms with Crippen molar-refractivity contribution in [3.05, 3.63) is 48.2 Å². The summed E-state index contributed by atoms with van der Waals surface area (Å²) in [5.74, 6) is 1.59. The quantitative estimate of drug-likeness (QED) is 0.781. The molecule has 1 unspecified atom stereocenters. The third kappa shape index (κ3) is 1.38. The normalized spacial score (nSPS) is 17.9. The van der Waals surface area contributed by atoms with E-state index in [4.69, 9.17) is 0 Å². The van der Waals surface area contributed by atoms with Gasteiger partial charge in [0.05, 0.1) is 0 Å². The van der Waals surface area contributed by atoms with Gasteiger partial charge in [0, 0.05) is 24.2 Å². The van der Waals surface area contributed by atoms with Crippen LogP contribution in [-0.2, 0) is 0 Å². The van der Waals surface area contributed by atoms with E-state index in [9.17, 15) is 0 Å². The summed E-state index contributed by atoms with van der Waals surface area (Å²) < 4.78 is 0. The van der Waals surface area contributed by atoms with Crippen LogP contribution in [0.25, 0.3) is 11.1 Å². The fourth-order valence-corrected chi connectivity index (χ4v) is 2.33. The van der Waals surface area contributed by atoms with Crippen LogP contribution in [0.1, 0.15) is 18.4 Å². The van der Waals surface area contributed by atoms with Crippen molar-refractivity contribution < 1.29 is 0 Å². The molecule has 1 aliphatic heterocycles. The molecule has 0 radical (unpaired) electrons. The van der Waals surface area contributed by atoms with Crippen LogP contribution >= 0.6 is 0 Å². The van der Waals surface area contributed by atoms with Crippen LogP contribution < -0.4 is 5.32 Å². The summed E-state index contributed by atoms with van der Waals surface area (Å²) in [6.45, 7) is 3.24. The van der Waals surface area contributed by atoms with Gasteiger partial charge in [-0.2, -0.15) is 0 Å². The predicted molar refractivity (Wildman–Crippen MR) is 66.6 cm³/mol. The van der Waals surface area contributed by atoms with E-state index in [0.717, 1.165) is 12.4 Å². The Morgan fingerprint density at radius 1 is 1.19 bits per heavy atom. The zero-order valence-electron chi connectivity index (χ0n) is 9.27. The van der Waals surface area contributed by atoms with Crippen molar-refractivity contribution >= 4 is 5.82 Å². The molecule has 0 saturated carbocycles. The van der Waals surface area contributed by atoms with Crippen LogP contribution in [0.15, 0.2) is 42.6 Å². The Morgan fingerprint density at radius 3 is 2.81 bits per heavy atom. The number of fused-ring (bicyclic) bond motifs is 1. The van der Waals surface area contributed by atoms with E-state index in [0.29, 0.717) is 5.92 Å². The second-order valence-corrected chi connectivity index (χ2v) is 4.27. The third-order valence-corrected chi connectivity index (χ3v) is 3.14. The summed E-state index contributed by atoms with van der Waals surface area (Å²) >= 11 is 0. The van der Waals surface area contributed by atoms with E-state index in [1.165, 1.54) is 16.7 Å². The highest BCUT2D eigenvalue weighted by Gasteiger charge is 2.22. The molecule has 0 aliphatic carbocycles. The molecule has 2 aromatic rings. The van der Waals surface area contributed by atoms with Crippen molar-refractivity contribution in [3.63, 3.8) is 0 Å². The summed E-state index contributed by atoms with van der Waals surface area (Å²) in [5.41, 5.74) is 3.94. The van der Waals surface area contributed by atoms with Gasteiger partial charge in [-0.05, 0) is 17.2 Å². The minimum atomic E-state index is 0.541. The maximum atomic E-state index is 4.38. The predicted octanol–water partition coefficient (Wildman–Crippen LogP) is 3.28. The van der Waals surface area contributed by atoms with Crippen molar-refractivity contribution in [3.8, 4) is 11.1 Å². The lowest BCUT2D eigenvalue weighted by atomic mass is 9.95. The monoisotopic (exact) mass is 210 g/mol. The minimum absolute atomic E-state index is 0.541. The number of nitrogens with zero attached hydrogens (tertiary/aromatic N) is 1. The Labute approximate surface area is 95.3 Å². The fourth-order valence-electron chi connectivity index (χ4n) is 2.33. The zero-order valence-corrected chi connectivity index (χ0v) is 9.27. The molecule has 0 spiro atoms. The van der Waals surface area contributed by atoms with E-state index in [2.05, 4.69) is 47.6 Å². The standard InChI is InChI=1S/C14H14N2/c1-10-9-16-14-13(10)12(7-8-15-14)11-5-3-2-4-6-11/h2-8,10H,9H2,1H3,(H,15,16). The molecular weight excluding hydrogens is 196 g/mol. The summed E-state index contributed by atoms with van der Waals surface area (Å²) in [7, 11) is 0. The maximum absolute atomic E-state index is 4.38. The number of hydrogen-bond acceptors (Lipinski definition) is 2. The lowest BCUT2D eigenvalue weighted by Gasteiger charge is -2.10. The van der Waals surface area contributed by atoms with Gasteiger partial charge in [-0.3, -0.25) is 0 Å². The van der Waals surface area contributed by atoms with Gasteiger partial charge in [-0.25, -0.2) is 4.98 Å². The molecule has 1 atom stereocenters. The van der Waals surface area contributed by atoms with Crippen molar-refractivity contribution in [1.82, 2.24) is 4.98 Å². The molecule has 2 heterocycles. The average Bonchev–Trinajstić information content (AvgIpc) is 2.73. The highest BCUT2D eigenvalue weighted by molar-refractivity contribution is 5.74. The summed E-state index contributed by atoms with van der Waals surface area (Å²) in [6, 6.07) is 12.6. The summed E-state index contributed by atoms with van der Waals surface area (Å²) in [6.07, 6.45) is 1.88. The van der Waals surface area contributed by atoms with Crippen molar-refractivity contribution in [2.45, 2.75) is 12.8 Å². The van der Waals surface area contributed by atoms with Crippen LogP contribution in [0, 0.1) is 0 Å². The lowest BCUT2D eigenvalue weighted by molar-refractivity contribution is 0.855. The first-order chi connectivity index (χ1) is 7.86. The smallest absolute Gasteiger partial charge is 0.130 e. The van der Waals surface area contributed by atoms with Crippen LogP contribution in [0.2, 0.25) is 0 Å². The summed E-state index contributed by atoms with van der Waals surface area (Å²) in [5, 5.41) is 3.35. The molecule has 80 valence electrons. The molecular formula is C14H14N2. The SMILES string of the molecule is CC1CNc2nccc(-c3ccccc3)c21. The molecule has 1 aromatic heterocycles. The van der Waals surface area contributed by atoms with E-state index >= 15 is 0 Å². The molecule has 2 heteroatoms. The van der Waals surface area contributed by atoms with E-state index in [-0.39, 0.29) is 0 Å². The second kappa shape index (κ2) is 3.63. The van der Waals surface area contributed by atoms with Crippen molar-refractivity contribution in [2.24, 2.45) is 0 Å². The highest BCUT2D eigenvalue weighted by Crippen LogP contribution is 2.37. The fraction of sp³-hybridized carbons (Fsp3) is 0.214. The zero-order chi connectivity index (χ0) is 11.0. The highest BCUT2D eigenvalue weighted by atomic mass is 15.0. The topological polar surface area (TPSA) is 24.9 Å². The molecule has 0 amide bonds. The Hall–Kier alpha value is -1.83. The number of pyridine rings is 1. The van der Waals surface area contributed by atoms with Gasteiger partial charge in [0.2, 0.25) is 0 Å². The number of rotatable bonds is 1. The first kappa shape index (κ1) is 9.40. The van der Waals surface area contributed by atoms with Gasteiger partial charge < -0.3 is 5.32 Å². The average molecular weight is 210 g/mol. The van der Waals surface area contributed by atoms with Crippen LogP contribution in [0.3, 0.4) is 0 Å². The summed E-state index contributed by atoms with van der Waals surface area (Å²) in [4.78, 5) is 4.38. The number of anilines is 1. The Kier molecular flexibility index (Phi) is 2.13. The molecule has 16 heavy (non-hydrogen) atoms. The van der Waals surface area contributed by atoms with E-state index < -0.39 is 0 Å². The molecule has 2 nitrogen and oxygen atoms in total. The molecule has 3 rings (SSSR count). The number of aromatic nitrogens is 1.